The van der Waals surface area contributed by atoms with E-state index in [0.29, 0.717) is 0 Å². The highest BCUT2D eigenvalue weighted by Crippen LogP contribution is 2.53. The van der Waals surface area contributed by atoms with Crippen LogP contribution in [0.15, 0.2) is 18.2 Å². The van der Waals surface area contributed by atoms with Crippen molar-refractivity contribution >= 4 is 15.8 Å². The minimum Gasteiger partial charge on any atom is -0.376 e. The molecule has 9 heteroatoms. The summed E-state index contributed by atoms with van der Waals surface area (Å²) >= 11 is 0. The van der Waals surface area contributed by atoms with Gasteiger partial charge < -0.3 is 9.08 Å². The zero-order chi connectivity index (χ0) is 24.9. The van der Waals surface area contributed by atoms with Gasteiger partial charge in [-0.3, -0.25) is 4.90 Å². The standard InChI is InChI=1S/C25H37F3N2O3S/c1-23(2)14-19(15-24(3,4)17-23)21-8-7-20(33-34(31,32)25(26,27)28)13-22(21)30-11-9-29(10-12-30)16-18-5-6-18/h7-8,13,18-19H,5-6,9-12,14-17H2,1-4H3. The lowest BCUT2D eigenvalue weighted by Crippen LogP contribution is -2.47. The van der Waals surface area contributed by atoms with Crippen molar-refractivity contribution < 1.29 is 25.8 Å². The molecule has 5 nitrogen and oxygen atoms in total. The molecule has 0 radical (unpaired) electrons. The Morgan fingerprint density at radius 2 is 1.59 bits per heavy atom. The Balaban J connectivity index is 1.64. The second-order valence-electron chi connectivity index (χ2n) is 12.0. The molecule has 0 bridgehead atoms. The van der Waals surface area contributed by atoms with Crippen LogP contribution < -0.4 is 9.08 Å². The average Bonchev–Trinajstić information content (AvgIpc) is 3.49. The van der Waals surface area contributed by atoms with Crippen molar-refractivity contribution in [2.45, 2.75) is 71.2 Å². The summed E-state index contributed by atoms with van der Waals surface area (Å²) in [6, 6.07) is 4.67. The van der Waals surface area contributed by atoms with Gasteiger partial charge in [-0.25, -0.2) is 0 Å². The van der Waals surface area contributed by atoms with Gasteiger partial charge in [0, 0.05) is 44.5 Å². The zero-order valence-electron chi connectivity index (χ0n) is 20.6. The molecule has 34 heavy (non-hydrogen) atoms. The Kier molecular flexibility index (Phi) is 6.68. The topological polar surface area (TPSA) is 49.9 Å². The summed E-state index contributed by atoms with van der Waals surface area (Å²) in [5.74, 6) is 0.760. The predicted molar refractivity (Wildman–Crippen MR) is 128 cm³/mol. The SMILES string of the molecule is CC1(C)CC(c2ccc(OS(=O)(=O)C(F)(F)F)cc2N2CCN(CC3CC3)CC2)CC(C)(C)C1. The third-order valence-electron chi connectivity index (χ3n) is 7.41. The maximum absolute atomic E-state index is 12.9. The second-order valence-corrected chi connectivity index (χ2v) is 13.6. The van der Waals surface area contributed by atoms with Gasteiger partial charge in [0.15, 0.2) is 0 Å². The molecule has 1 aliphatic heterocycles. The second kappa shape index (κ2) is 8.87. The number of anilines is 1. The van der Waals surface area contributed by atoms with Gasteiger partial charge in [-0.15, -0.1) is 0 Å². The number of benzene rings is 1. The molecular formula is C25H37F3N2O3S. The Hall–Kier alpha value is -1.48. The molecule has 0 N–H and O–H groups in total. The Morgan fingerprint density at radius 3 is 2.12 bits per heavy atom. The van der Waals surface area contributed by atoms with Crippen molar-refractivity contribution in [3.63, 3.8) is 0 Å². The molecule has 3 aliphatic rings. The Labute approximate surface area is 201 Å². The number of alkyl halides is 3. The average molecular weight is 503 g/mol. The monoisotopic (exact) mass is 502 g/mol. The fraction of sp³-hybridized carbons (Fsp3) is 0.760. The Morgan fingerprint density at radius 1 is 1.00 bits per heavy atom. The molecule has 1 saturated heterocycles. The van der Waals surface area contributed by atoms with E-state index in [0.717, 1.165) is 69.2 Å². The van der Waals surface area contributed by atoms with Gasteiger partial charge in [0.2, 0.25) is 0 Å². The van der Waals surface area contributed by atoms with Gasteiger partial charge >= 0.3 is 15.6 Å². The van der Waals surface area contributed by atoms with Crippen LogP contribution in [0.2, 0.25) is 0 Å². The molecule has 2 aliphatic carbocycles. The van der Waals surface area contributed by atoms with Gasteiger partial charge in [-0.05, 0) is 66.4 Å². The van der Waals surface area contributed by atoms with Crippen LogP contribution in [-0.2, 0) is 10.1 Å². The van der Waals surface area contributed by atoms with Crippen LogP contribution in [0.1, 0.15) is 71.3 Å². The minimum atomic E-state index is -5.72. The summed E-state index contributed by atoms with van der Waals surface area (Å²) < 4.78 is 66.6. The zero-order valence-corrected chi connectivity index (χ0v) is 21.4. The fourth-order valence-corrected chi connectivity index (χ4v) is 6.72. The van der Waals surface area contributed by atoms with E-state index in [4.69, 9.17) is 0 Å². The number of hydrogen-bond acceptors (Lipinski definition) is 5. The van der Waals surface area contributed by atoms with Crippen LogP contribution >= 0.6 is 0 Å². The molecule has 0 atom stereocenters. The highest BCUT2D eigenvalue weighted by atomic mass is 32.2. The first kappa shape index (κ1) is 25.6. The molecule has 0 amide bonds. The molecule has 0 spiro atoms. The summed E-state index contributed by atoms with van der Waals surface area (Å²) in [6.07, 6.45) is 5.66. The predicted octanol–water partition coefficient (Wildman–Crippen LogP) is 5.77. The molecule has 1 heterocycles. The Bertz CT molecular complexity index is 979. The highest BCUT2D eigenvalue weighted by Gasteiger charge is 2.49. The summed E-state index contributed by atoms with van der Waals surface area (Å²) in [6.45, 7) is 13.5. The first-order valence-corrected chi connectivity index (χ1v) is 13.7. The lowest BCUT2D eigenvalue weighted by atomic mass is 9.60. The normalized spacial score (nSPS) is 24.3. The minimum absolute atomic E-state index is 0.140. The molecule has 1 aromatic rings. The molecule has 0 unspecified atom stereocenters. The van der Waals surface area contributed by atoms with Gasteiger partial charge in [0.25, 0.3) is 0 Å². The van der Waals surface area contributed by atoms with Crippen molar-refractivity contribution in [1.82, 2.24) is 4.90 Å². The van der Waals surface area contributed by atoms with Crippen LogP contribution in [0.4, 0.5) is 18.9 Å². The maximum atomic E-state index is 12.9. The molecule has 3 fully saturated rings. The van der Waals surface area contributed by atoms with Gasteiger partial charge in [0.1, 0.15) is 5.75 Å². The summed E-state index contributed by atoms with van der Waals surface area (Å²) in [5.41, 5.74) is -3.30. The smallest absolute Gasteiger partial charge is 0.376 e. The van der Waals surface area contributed by atoms with E-state index in [1.54, 1.807) is 6.07 Å². The summed E-state index contributed by atoms with van der Waals surface area (Å²) in [5, 5.41) is 0. The number of hydrogen-bond donors (Lipinski definition) is 0. The quantitative estimate of drug-likeness (QED) is 0.365. The van der Waals surface area contributed by atoms with Crippen molar-refractivity contribution in [3.05, 3.63) is 23.8 Å². The lowest BCUT2D eigenvalue weighted by Gasteiger charge is -2.46. The summed E-state index contributed by atoms with van der Waals surface area (Å²) in [7, 11) is -5.72. The van der Waals surface area contributed by atoms with Gasteiger partial charge in [-0.2, -0.15) is 21.6 Å². The largest absolute Gasteiger partial charge is 0.534 e. The van der Waals surface area contributed by atoms with E-state index in [2.05, 4.69) is 41.7 Å². The van der Waals surface area contributed by atoms with Crippen molar-refractivity contribution in [1.29, 1.82) is 0 Å². The highest BCUT2D eigenvalue weighted by molar-refractivity contribution is 7.88. The van der Waals surface area contributed by atoms with Crippen molar-refractivity contribution in [3.8, 4) is 5.75 Å². The number of rotatable bonds is 6. The first-order chi connectivity index (χ1) is 15.6. The molecule has 192 valence electrons. The summed E-state index contributed by atoms with van der Waals surface area (Å²) in [4.78, 5) is 4.65. The van der Waals surface area contributed by atoms with E-state index >= 15 is 0 Å². The molecular weight excluding hydrogens is 465 g/mol. The van der Waals surface area contributed by atoms with Crippen LogP contribution in [0.5, 0.6) is 5.75 Å². The van der Waals surface area contributed by atoms with E-state index in [1.807, 2.05) is 0 Å². The van der Waals surface area contributed by atoms with Crippen LogP contribution in [0, 0.1) is 16.7 Å². The molecule has 2 saturated carbocycles. The van der Waals surface area contributed by atoms with E-state index in [9.17, 15) is 21.6 Å². The van der Waals surface area contributed by atoms with Crippen LogP contribution in [-0.4, -0.2) is 51.5 Å². The van der Waals surface area contributed by atoms with E-state index < -0.39 is 15.6 Å². The lowest BCUT2D eigenvalue weighted by molar-refractivity contribution is -0.0500. The van der Waals surface area contributed by atoms with E-state index in [-0.39, 0.29) is 22.5 Å². The fourth-order valence-electron chi connectivity index (χ4n) is 6.27. The molecule has 1 aromatic carbocycles. The van der Waals surface area contributed by atoms with Crippen molar-refractivity contribution in [2.75, 3.05) is 37.6 Å². The molecule has 0 aromatic heterocycles. The number of halogens is 3. The van der Waals surface area contributed by atoms with Crippen LogP contribution in [0.25, 0.3) is 0 Å². The van der Waals surface area contributed by atoms with Gasteiger partial charge in [-0.1, -0.05) is 33.8 Å². The molecule has 4 rings (SSSR count). The van der Waals surface area contributed by atoms with E-state index in [1.165, 1.54) is 25.0 Å². The number of nitrogens with zero attached hydrogens (tertiary/aromatic N) is 2. The number of piperazine rings is 1. The maximum Gasteiger partial charge on any atom is 0.534 e. The van der Waals surface area contributed by atoms with Crippen LogP contribution in [0.3, 0.4) is 0 Å². The first-order valence-electron chi connectivity index (χ1n) is 12.3. The third-order valence-corrected chi connectivity index (χ3v) is 8.39. The third kappa shape index (κ3) is 6.01. The van der Waals surface area contributed by atoms with Gasteiger partial charge in [0.05, 0.1) is 0 Å². The van der Waals surface area contributed by atoms with Crippen molar-refractivity contribution in [2.24, 2.45) is 16.7 Å².